The van der Waals surface area contributed by atoms with Crippen molar-refractivity contribution in [2.75, 3.05) is 24.6 Å². The summed E-state index contributed by atoms with van der Waals surface area (Å²) in [5.74, 6) is 2.34. The van der Waals surface area contributed by atoms with Crippen LogP contribution in [0.1, 0.15) is 30.9 Å². The predicted octanol–water partition coefficient (Wildman–Crippen LogP) is 2.51. The largest absolute Gasteiger partial charge is 0.282 e. The Labute approximate surface area is 137 Å². The van der Waals surface area contributed by atoms with Crippen LogP contribution in [0, 0.1) is 5.92 Å². The summed E-state index contributed by atoms with van der Waals surface area (Å²) < 4.78 is 30.0. The minimum absolute atomic E-state index is 0.0240. The second-order valence-electron chi connectivity index (χ2n) is 6.52. The summed E-state index contributed by atoms with van der Waals surface area (Å²) in [5.41, 5.74) is 1.11. The zero-order valence-corrected chi connectivity index (χ0v) is 14.2. The Morgan fingerprint density at radius 2 is 1.91 bits per heavy atom. The molecule has 3 aliphatic rings. The molecule has 2 bridgehead atoms. The Morgan fingerprint density at radius 1 is 1.09 bits per heavy atom. The molecule has 0 spiro atoms. The fraction of sp³-hybridized carbons (Fsp3) is 0.625. The van der Waals surface area contributed by atoms with E-state index in [9.17, 15) is 8.42 Å². The summed E-state index contributed by atoms with van der Waals surface area (Å²) in [6.45, 7) is 1.36. The Hall–Kier alpha value is -0.560. The van der Waals surface area contributed by atoms with Crippen LogP contribution in [0.15, 0.2) is 30.3 Å². The first-order valence-electron chi connectivity index (χ1n) is 8.07. The smallest absolute Gasteiger partial charge is 0.195 e. The lowest BCUT2D eigenvalue weighted by atomic mass is 10.1. The van der Waals surface area contributed by atoms with E-state index in [4.69, 9.17) is 0 Å². The summed E-state index contributed by atoms with van der Waals surface area (Å²) in [7, 11) is -3.34. The molecule has 3 atom stereocenters. The highest BCUT2D eigenvalue weighted by atomic mass is 32.2. The van der Waals surface area contributed by atoms with E-state index in [2.05, 4.69) is 12.1 Å². The van der Waals surface area contributed by atoms with Crippen molar-refractivity contribution in [1.29, 1.82) is 0 Å². The summed E-state index contributed by atoms with van der Waals surface area (Å²) in [6.07, 6.45) is 3.31. The molecule has 4 nitrogen and oxygen atoms in total. The van der Waals surface area contributed by atoms with E-state index in [1.54, 1.807) is 8.61 Å². The third kappa shape index (κ3) is 2.50. The van der Waals surface area contributed by atoms with Gasteiger partial charge in [-0.05, 0) is 30.7 Å². The molecule has 22 heavy (non-hydrogen) atoms. The molecule has 1 aliphatic carbocycles. The van der Waals surface area contributed by atoms with Gasteiger partial charge in [0.25, 0.3) is 10.2 Å². The van der Waals surface area contributed by atoms with Gasteiger partial charge in [-0.1, -0.05) is 30.3 Å². The topological polar surface area (TPSA) is 40.6 Å². The van der Waals surface area contributed by atoms with Crippen LogP contribution in [0.4, 0.5) is 0 Å². The molecule has 120 valence electrons. The molecular formula is C16H22N2O2S2. The van der Waals surface area contributed by atoms with E-state index in [-0.39, 0.29) is 12.1 Å². The molecule has 4 rings (SSSR count). The van der Waals surface area contributed by atoms with Crippen molar-refractivity contribution in [2.45, 2.75) is 31.3 Å². The second kappa shape index (κ2) is 5.82. The van der Waals surface area contributed by atoms with Gasteiger partial charge in [0.05, 0.1) is 6.04 Å². The van der Waals surface area contributed by atoms with Gasteiger partial charge in [0.1, 0.15) is 0 Å². The van der Waals surface area contributed by atoms with Crippen LogP contribution in [0.25, 0.3) is 0 Å². The molecule has 0 aromatic heterocycles. The average molecular weight is 338 g/mol. The molecule has 1 saturated carbocycles. The molecule has 2 saturated heterocycles. The van der Waals surface area contributed by atoms with Crippen LogP contribution >= 0.6 is 11.8 Å². The van der Waals surface area contributed by atoms with Gasteiger partial charge in [0.2, 0.25) is 0 Å². The Morgan fingerprint density at radius 3 is 2.59 bits per heavy atom. The van der Waals surface area contributed by atoms with Crippen LogP contribution in [0.2, 0.25) is 0 Å². The lowest BCUT2D eigenvalue weighted by Gasteiger charge is -2.39. The summed E-state index contributed by atoms with van der Waals surface area (Å²) in [4.78, 5) is 0. The van der Waals surface area contributed by atoms with Gasteiger partial charge in [-0.25, -0.2) is 0 Å². The number of piperidine rings is 1. The first kappa shape index (κ1) is 15.0. The lowest BCUT2D eigenvalue weighted by molar-refractivity contribution is 0.273. The summed E-state index contributed by atoms with van der Waals surface area (Å²) in [6, 6.07) is 10.3. The number of hydrogen-bond acceptors (Lipinski definition) is 3. The molecule has 0 radical (unpaired) electrons. The first-order valence-corrected chi connectivity index (χ1v) is 10.6. The number of rotatable bonds is 3. The molecule has 1 aromatic rings. The maximum absolute atomic E-state index is 13.2. The summed E-state index contributed by atoms with van der Waals surface area (Å²) >= 11 is 1.85. The monoisotopic (exact) mass is 338 g/mol. The zero-order chi connectivity index (χ0) is 15.2. The van der Waals surface area contributed by atoms with Crippen molar-refractivity contribution >= 4 is 22.0 Å². The highest BCUT2D eigenvalue weighted by Gasteiger charge is 2.47. The van der Waals surface area contributed by atoms with Crippen LogP contribution in [0.3, 0.4) is 0 Å². The van der Waals surface area contributed by atoms with Gasteiger partial charge in [-0.15, -0.1) is 0 Å². The van der Waals surface area contributed by atoms with E-state index >= 15 is 0 Å². The third-order valence-corrected chi connectivity index (χ3v) is 8.31. The molecule has 3 fully saturated rings. The second-order valence-corrected chi connectivity index (χ2v) is 9.51. The van der Waals surface area contributed by atoms with Crippen LogP contribution < -0.4 is 0 Å². The van der Waals surface area contributed by atoms with Crippen molar-refractivity contribution in [2.24, 2.45) is 5.92 Å². The van der Waals surface area contributed by atoms with Crippen LogP contribution in [-0.2, 0) is 10.2 Å². The maximum Gasteiger partial charge on any atom is 0.282 e. The maximum atomic E-state index is 13.2. The van der Waals surface area contributed by atoms with E-state index < -0.39 is 10.2 Å². The number of hydrogen-bond donors (Lipinski definition) is 0. The molecule has 2 aliphatic heterocycles. The molecular weight excluding hydrogens is 316 g/mol. The van der Waals surface area contributed by atoms with E-state index in [0.717, 1.165) is 36.5 Å². The number of fused-ring (bicyclic) bond motifs is 2. The van der Waals surface area contributed by atoms with Gasteiger partial charge >= 0.3 is 0 Å². The molecule has 1 aromatic carbocycles. The van der Waals surface area contributed by atoms with Crippen LogP contribution in [0.5, 0.6) is 0 Å². The molecule has 6 heteroatoms. The van der Waals surface area contributed by atoms with E-state index in [0.29, 0.717) is 12.5 Å². The van der Waals surface area contributed by atoms with Crippen molar-refractivity contribution in [1.82, 2.24) is 8.61 Å². The number of nitrogens with zero attached hydrogens (tertiary/aromatic N) is 2. The standard InChI is InChI=1S/C16H22N2O2S2/c19-22(20,18-11-13-6-7-15(18)10-13)17-8-9-21-12-16(17)14-4-2-1-3-5-14/h1-5,13,15-16H,6-12H2/t13-,15-,16+/m0/s1. The lowest BCUT2D eigenvalue weighted by Crippen LogP contribution is -2.50. The SMILES string of the molecule is O=S(=O)(N1C[C@H]2CC[C@H]1C2)N1CCSC[C@@H]1c1ccccc1. The Bertz CT molecular complexity index is 635. The first-order chi connectivity index (χ1) is 10.7. The normalized spacial score (nSPS) is 33.4. The van der Waals surface area contributed by atoms with Gasteiger partial charge in [0.15, 0.2) is 0 Å². The van der Waals surface area contributed by atoms with Crippen molar-refractivity contribution < 1.29 is 8.42 Å². The average Bonchev–Trinajstić information content (AvgIpc) is 3.19. The molecule has 0 unspecified atom stereocenters. The van der Waals surface area contributed by atoms with E-state index in [1.807, 2.05) is 30.0 Å². The van der Waals surface area contributed by atoms with Gasteiger partial charge in [0, 0.05) is 30.6 Å². The van der Waals surface area contributed by atoms with Crippen molar-refractivity contribution in [3.63, 3.8) is 0 Å². The van der Waals surface area contributed by atoms with E-state index in [1.165, 1.54) is 6.42 Å². The molecule has 2 heterocycles. The number of thioether (sulfide) groups is 1. The van der Waals surface area contributed by atoms with Gasteiger partial charge < -0.3 is 0 Å². The minimum Gasteiger partial charge on any atom is -0.195 e. The Kier molecular flexibility index (Phi) is 3.97. The van der Waals surface area contributed by atoms with Crippen LogP contribution in [-0.4, -0.2) is 47.7 Å². The third-order valence-electron chi connectivity index (χ3n) is 5.22. The summed E-state index contributed by atoms with van der Waals surface area (Å²) in [5, 5.41) is 0. The quantitative estimate of drug-likeness (QED) is 0.850. The van der Waals surface area contributed by atoms with Gasteiger partial charge in [-0.3, -0.25) is 0 Å². The highest BCUT2D eigenvalue weighted by Crippen LogP contribution is 2.42. The highest BCUT2D eigenvalue weighted by molar-refractivity contribution is 7.99. The van der Waals surface area contributed by atoms with Gasteiger partial charge in [-0.2, -0.15) is 28.8 Å². The molecule has 0 amide bonds. The zero-order valence-electron chi connectivity index (χ0n) is 12.6. The predicted molar refractivity (Wildman–Crippen MR) is 90.0 cm³/mol. The molecule has 0 N–H and O–H groups in total. The fourth-order valence-corrected chi connectivity index (χ4v) is 7.47. The fourth-order valence-electron chi connectivity index (χ4n) is 4.10. The minimum atomic E-state index is -3.34. The number of benzene rings is 1. The van der Waals surface area contributed by atoms with Crippen molar-refractivity contribution in [3.05, 3.63) is 35.9 Å². The van der Waals surface area contributed by atoms with Crippen molar-refractivity contribution in [3.8, 4) is 0 Å². The Balaban J connectivity index is 1.64.